The molecule has 0 spiro atoms. The molecular weight excluding hydrogens is 408 g/mol. The second kappa shape index (κ2) is 9.58. The predicted molar refractivity (Wildman–Crippen MR) is 125 cm³/mol. The molecule has 3 aromatic rings. The topological polar surface area (TPSA) is 71.3 Å². The third-order valence-electron chi connectivity index (χ3n) is 6.30. The average molecular weight is 438 g/mol. The first-order valence-electron chi connectivity index (χ1n) is 11.0. The Morgan fingerprint density at radius 3 is 2.84 bits per heavy atom. The van der Waals surface area contributed by atoms with Gasteiger partial charge >= 0.3 is 0 Å². The first-order chi connectivity index (χ1) is 15.1. The second-order valence-corrected chi connectivity index (χ2v) is 8.58. The predicted octanol–water partition coefficient (Wildman–Crippen LogP) is 2.10. The zero-order chi connectivity index (χ0) is 21.8. The quantitative estimate of drug-likeness (QED) is 0.496. The van der Waals surface area contributed by atoms with Crippen LogP contribution in [0.25, 0.3) is 10.9 Å². The lowest BCUT2D eigenvalue weighted by Crippen LogP contribution is -3.14. The summed E-state index contributed by atoms with van der Waals surface area (Å²) in [5.74, 6) is -0.114. The molecule has 2 atom stereocenters. The summed E-state index contributed by atoms with van der Waals surface area (Å²) in [7, 11) is 0. The molecule has 31 heavy (non-hydrogen) atoms. The summed E-state index contributed by atoms with van der Waals surface area (Å²) >= 11 is 5.45. The smallest absolute Gasteiger partial charge is 0.262 e. The van der Waals surface area contributed by atoms with Gasteiger partial charge in [0.2, 0.25) is 0 Å². The minimum Gasteiger partial charge on any atom is -0.346 e. The summed E-state index contributed by atoms with van der Waals surface area (Å²) in [6.45, 7) is 5.64. The highest BCUT2D eigenvalue weighted by atomic mass is 32.1. The van der Waals surface area contributed by atoms with Crippen molar-refractivity contribution in [2.75, 3.05) is 19.6 Å². The molecule has 0 aliphatic carbocycles. The first kappa shape index (κ1) is 21.5. The number of amides is 1. The fourth-order valence-electron chi connectivity index (χ4n) is 4.50. The van der Waals surface area contributed by atoms with Crippen molar-refractivity contribution in [3.05, 3.63) is 74.8 Å². The van der Waals surface area contributed by atoms with Crippen molar-refractivity contribution in [3.8, 4) is 0 Å². The number of nitrogens with zero attached hydrogens (tertiary/aromatic N) is 1. The number of aromatic nitrogens is 2. The van der Waals surface area contributed by atoms with E-state index in [1.165, 1.54) is 13.0 Å². The van der Waals surface area contributed by atoms with Gasteiger partial charge in [-0.05, 0) is 49.3 Å². The standard InChI is InChI=1S/C24H28N4O2S/c1-2-27-13-6-9-19(27)16-25-22(29)18-10-11-20-21(15-18)26-24(31)28(23(20)30)14-12-17-7-4-3-5-8-17/h3-5,7-8,10-11,15,19H,2,6,9,12-14,16H2,1H3,(H,25,29)(H,26,31)/p+1. The number of carbonyl (C=O) groups is 1. The van der Waals surface area contributed by atoms with Crippen molar-refractivity contribution in [3.63, 3.8) is 0 Å². The van der Waals surface area contributed by atoms with Crippen molar-refractivity contribution in [2.45, 2.75) is 38.8 Å². The minimum absolute atomic E-state index is 0.114. The van der Waals surface area contributed by atoms with Crippen molar-refractivity contribution in [1.29, 1.82) is 0 Å². The Balaban J connectivity index is 1.51. The van der Waals surface area contributed by atoms with E-state index in [0.29, 0.717) is 40.4 Å². The molecule has 4 rings (SSSR count). The highest BCUT2D eigenvalue weighted by Gasteiger charge is 2.27. The lowest BCUT2D eigenvalue weighted by Gasteiger charge is -2.20. The fourth-order valence-corrected chi connectivity index (χ4v) is 4.78. The molecule has 0 bridgehead atoms. The van der Waals surface area contributed by atoms with Gasteiger partial charge < -0.3 is 15.2 Å². The number of carbonyl (C=O) groups excluding carboxylic acids is 1. The van der Waals surface area contributed by atoms with E-state index in [1.54, 1.807) is 27.7 Å². The van der Waals surface area contributed by atoms with Crippen LogP contribution in [0.4, 0.5) is 0 Å². The number of benzene rings is 2. The highest BCUT2D eigenvalue weighted by Crippen LogP contribution is 2.12. The SMILES string of the molecule is CC[NH+]1CCCC1CNC(=O)c1ccc2c(=O)n(CCc3ccccc3)c(=S)[nH]c2c1. The molecule has 3 N–H and O–H groups in total. The van der Waals surface area contributed by atoms with Crippen molar-refractivity contribution in [1.82, 2.24) is 14.9 Å². The van der Waals surface area contributed by atoms with E-state index in [4.69, 9.17) is 12.2 Å². The maximum atomic E-state index is 13.0. The van der Waals surface area contributed by atoms with Gasteiger partial charge in [-0.2, -0.15) is 0 Å². The van der Waals surface area contributed by atoms with Crippen LogP contribution in [-0.2, 0) is 13.0 Å². The van der Waals surface area contributed by atoms with Gasteiger partial charge in [-0.25, -0.2) is 0 Å². The zero-order valence-corrected chi connectivity index (χ0v) is 18.6. The Labute approximate surface area is 186 Å². The van der Waals surface area contributed by atoms with Gasteiger partial charge in [-0.15, -0.1) is 0 Å². The number of quaternary nitrogens is 1. The van der Waals surface area contributed by atoms with Crippen molar-refractivity contribution < 1.29 is 9.69 Å². The maximum Gasteiger partial charge on any atom is 0.262 e. The van der Waals surface area contributed by atoms with E-state index < -0.39 is 0 Å². The number of likely N-dealkylation sites (N-methyl/N-ethyl adjacent to an activating group) is 1. The number of hydrogen-bond donors (Lipinski definition) is 3. The van der Waals surface area contributed by atoms with Crippen LogP contribution < -0.4 is 15.8 Å². The molecule has 7 heteroatoms. The zero-order valence-electron chi connectivity index (χ0n) is 17.8. The Hall–Kier alpha value is -2.77. The van der Waals surface area contributed by atoms with E-state index in [0.717, 1.165) is 24.9 Å². The van der Waals surface area contributed by atoms with Crippen molar-refractivity contribution >= 4 is 29.0 Å². The molecule has 162 valence electrons. The van der Waals surface area contributed by atoms with Crippen LogP contribution in [0.1, 0.15) is 35.7 Å². The molecule has 2 unspecified atom stereocenters. The Morgan fingerprint density at radius 1 is 1.26 bits per heavy atom. The highest BCUT2D eigenvalue weighted by molar-refractivity contribution is 7.71. The molecule has 1 aliphatic heterocycles. The van der Waals surface area contributed by atoms with Gasteiger partial charge in [0.1, 0.15) is 6.04 Å². The molecule has 0 saturated carbocycles. The molecule has 6 nitrogen and oxygen atoms in total. The second-order valence-electron chi connectivity index (χ2n) is 8.19. The minimum atomic E-state index is -0.130. The van der Waals surface area contributed by atoms with Gasteiger partial charge in [0, 0.05) is 24.9 Å². The number of aryl methyl sites for hydroxylation is 1. The van der Waals surface area contributed by atoms with Gasteiger partial charge in [-0.1, -0.05) is 30.3 Å². The van der Waals surface area contributed by atoms with Crippen molar-refractivity contribution in [2.24, 2.45) is 0 Å². The number of H-pyrrole nitrogens is 1. The summed E-state index contributed by atoms with van der Waals surface area (Å²) in [6.07, 6.45) is 3.09. The third kappa shape index (κ3) is 4.78. The summed E-state index contributed by atoms with van der Waals surface area (Å²) in [5.41, 5.74) is 2.16. The average Bonchev–Trinajstić information content (AvgIpc) is 3.25. The molecule has 1 aliphatic rings. The van der Waals surface area contributed by atoms with Crippen LogP contribution in [0, 0.1) is 4.77 Å². The lowest BCUT2D eigenvalue weighted by molar-refractivity contribution is -0.909. The summed E-state index contributed by atoms with van der Waals surface area (Å²) in [5, 5.41) is 3.60. The number of hydrogen-bond acceptors (Lipinski definition) is 3. The largest absolute Gasteiger partial charge is 0.346 e. The van der Waals surface area contributed by atoms with Crippen LogP contribution in [0.5, 0.6) is 0 Å². The number of aromatic amines is 1. The van der Waals surface area contributed by atoms with Gasteiger partial charge in [0.05, 0.1) is 30.5 Å². The van der Waals surface area contributed by atoms with Crippen LogP contribution in [-0.4, -0.2) is 41.1 Å². The van der Waals surface area contributed by atoms with Crippen LogP contribution in [0.15, 0.2) is 53.3 Å². The van der Waals surface area contributed by atoms with Gasteiger partial charge in [0.25, 0.3) is 11.5 Å². The number of fused-ring (bicyclic) bond motifs is 1. The van der Waals surface area contributed by atoms with Crippen LogP contribution in [0.2, 0.25) is 0 Å². The molecular formula is C24H29N4O2S+. The first-order valence-corrected chi connectivity index (χ1v) is 11.4. The van der Waals surface area contributed by atoms with E-state index in [9.17, 15) is 9.59 Å². The molecule has 1 fully saturated rings. The Bertz CT molecular complexity index is 1190. The summed E-state index contributed by atoms with van der Waals surface area (Å²) in [6, 6.07) is 15.7. The van der Waals surface area contributed by atoms with Gasteiger partial charge in [-0.3, -0.25) is 14.2 Å². The lowest BCUT2D eigenvalue weighted by atomic mass is 10.1. The fraction of sp³-hybridized carbons (Fsp3) is 0.375. The number of nitrogens with one attached hydrogen (secondary N) is 3. The summed E-state index contributed by atoms with van der Waals surface area (Å²) < 4.78 is 1.96. The number of rotatable bonds is 7. The molecule has 1 aromatic heterocycles. The molecule has 2 aromatic carbocycles. The van der Waals surface area contributed by atoms with E-state index in [2.05, 4.69) is 17.2 Å². The Morgan fingerprint density at radius 2 is 2.06 bits per heavy atom. The maximum absolute atomic E-state index is 13.0. The van der Waals surface area contributed by atoms with Crippen LogP contribution >= 0.6 is 12.2 Å². The van der Waals surface area contributed by atoms with Crippen LogP contribution in [0.3, 0.4) is 0 Å². The molecule has 0 radical (unpaired) electrons. The molecule has 2 heterocycles. The monoisotopic (exact) mass is 437 g/mol. The molecule has 1 saturated heterocycles. The third-order valence-corrected chi connectivity index (χ3v) is 6.62. The van der Waals surface area contributed by atoms with Gasteiger partial charge in [0.15, 0.2) is 4.77 Å². The number of likely N-dealkylation sites (tertiary alicyclic amines) is 1. The molecule has 1 amide bonds. The normalized spacial score (nSPS) is 18.4. The van der Waals surface area contributed by atoms with E-state index >= 15 is 0 Å². The van der Waals surface area contributed by atoms with E-state index in [1.807, 2.05) is 30.3 Å². The van der Waals surface area contributed by atoms with E-state index in [-0.39, 0.29) is 11.5 Å². The summed E-state index contributed by atoms with van der Waals surface area (Å²) in [4.78, 5) is 30.4. The Kier molecular flexibility index (Phi) is 6.63.